The zero-order valence-corrected chi connectivity index (χ0v) is 17.5. The van der Waals surface area contributed by atoms with Crippen LogP contribution in [0.2, 0.25) is 0 Å². The molecule has 2 amide bonds. The molecule has 1 fully saturated rings. The maximum atomic E-state index is 12.6. The predicted molar refractivity (Wildman–Crippen MR) is 117 cm³/mol. The highest BCUT2D eigenvalue weighted by atomic mass is 32.1. The lowest BCUT2D eigenvalue weighted by molar-refractivity contribution is -0.117. The molecule has 1 aromatic heterocycles. The van der Waals surface area contributed by atoms with Gasteiger partial charge in [0.05, 0.1) is 19.9 Å². The van der Waals surface area contributed by atoms with E-state index in [-0.39, 0.29) is 11.8 Å². The molecule has 1 aliphatic heterocycles. The van der Waals surface area contributed by atoms with E-state index >= 15 is 0 Å². The maximum Gasteiger partial charge on any atom is 0.257 e. The highest BCUT2D eigenvalue weighted by molar-refractivity contribution is 7.14. The van der Waals surface area contributed by atoms with Gasteiger partial charge in [-0.1, -0.05) is 0 Å². The van der Waals surface area contributed by atoms with Crippen molar-refractivity contribution in [1.29, 1.82) is 0 Å². The normalized spacial score (nSPS) is 13.4. The lowest BCUT2D eigenvalue weighted by Gasteiger charge is -2.15. The molecule has 0 unspecified atom stereocenters. The van der Waals surface area contributed by atoms with E-state index in [9.17, 15) is 9.59 Å². The average Bonchev–Trinajstić information content (AvgIpc) is 3.42. The number of aromatic nitrogens is 1. The first-order chi connectivity index (χ1) is 14.6. The summed E-state index contributed by atoms with van der Waals surface area (Å²) in [4.78, 5) is 30.7. The van der Waals surface area contributed by atoms with Crippen LogP contribution in [0.25, 0.3) is 11.3 Å². The molecule has 1 saturated heterocycles. The first kappa shape index (κ1) is 19.9. The fourth-order valence-electron chi connectivity index (χ4n) is 3.35. The Labute approximate surface area is 178 Å². The van der Waals surface area contributed by atoms with Crippen molar-refractivity contribution in [3.8, 4) is 22.8 Å². The third-order valence-corrected chi connectivity index (χ3v) is 5.68. The summed E-state index contributed by atoms with van der Waals surface area (Å²) in [6.45, 7) is 0.723. The van der Waals surface area contributed by atoms with Crippen LogP contribution in [-0.2, 0) is 4.79 Å². The number of thiazole rings is 1. The van der Waals surface area contributed by atoms with Gasteiger partial charge >= 0.3 is 0 Å². The molecule has 1 N–H and O–H groups in total. The van der Waals surface area contributed by atoms with Crippen LogP contribution < -0.4 is 19.7 Å². The lowest BCUT2D eigenvalue weighted by Crippen LogP contribution is -2.23. The standard InChI is InChI=1S/C22H21N3O4S/c1-28-16-9-10-17(19(12-16)29-2)18-13-30-22(23-18)24-21(27)14-5-7-15(8-6-14)25-11-3-4-20(25)26/h5-10,12-13H,3-4,11H2,1-2H3,(H,23,24,27). The van der Waals surface area contributed by atoms with E-state index in [0.717, 1.165) is 24.2 Å². The second-order valence-electron chi connectivity index (χ2n) is 6.75. The van der Waals surface area contributed by atoms with Crippen molar-refractivity contribution in [2.75, 3.05) is 31.0 Å². The molecule has 0 saturated carbocycles. The molecule has 30 heavy (non-hydrogen) atoms. The molecule has 0 aliphatic carbocycles. The van der Waals surface area contributed by atoms with Crippen LogP contribution in [0.15, 0.2) is 47.8 Å². The van der Waals surface area contributed by atoms with E-state index in [0.29, 0.717) is 34.3 Å². The number of rotatable bonds is 6. The summed E-state index contributed by atoms with van der Waals surface area (Å²) >= 11 is 1.34. The average molecular weight is 423 g/mol. The molecule has 0 bridgehead atoms. The number of nitrogens with zero attached hydrogens (tertiary/aromatic N) is 2. The molecule has 2 heterocycles. The summed E-state index contributed by atoms with van der Waals surface area (Å²) in [6.07, 6.45) is 1.44. The molecule has 1 aliphatic rings. The van der Waals surface area contributed by atoms with Gasteiger partial charge in [-0.3, -0.25) is 14.9 Å². The summed E-state index contributed by atoms with van der Waals surface area (Å²) in [5, 5.41) is 5.18. The Bertz CT molecular complexity index is 1080. The van der Waals surface area contributed by atoms with Gasteiger partial charge in [0.2, 0.25) is 5.91 Å². The Kier molecular flexibility index (Phi) is 5.67. The summed E-state index contributed by atoms with van der Waals surface area (Å²) in [5.74, 6) is 1.20. The van der Waals surface area contributed by atoms with E-state index in [1.54, 1.807) is 49.5 Å². The largest absolute Gasteiger partial charge is 0.497 e. The molecule has 0 radical (unpaired) electrons. The first-order valence-corrected chi connectivity index (χ1v) is 10.4. The quantitative estimate of drug-likeness (QED) is 0.643. The van der Waals surface area contributed by atoms with Gasteiger partial charge in [0, 0.05) is 41.2 Å². The highest BCUT2D eigenvalue weighted by Gasteiger charge is 2.22. The number of nitrogens with one attached hydrogen (secondary N) is 1. The maximum absolute atomic E-state index is 12.6. The number of carbonyl (C=O) groups excluding carboxylic acids is 2. The zero-order chi connectivity index (χ0) is 21.1. The van der Waals surface area contributed by atoms with E-state index in [1.165, 1.54) is 11.3 Å². The minimum atomic E-state index is -0.253. The van der Waals surface area contributed by atoms with Crippen LogP contribution in [0.4, 0.5) is 10.8 Å². The first-order valence-electron chi connectivity index (χ1n) is 9.49. The fraction of sp³-hybridized carbons (Fsp3) is 0.227. The van der Waals surface area contributed by atoms with Crippen molar-refractivity contribution in [1.82, 2.24) is 4.98 Å². The Morgan fingerprint density at radius 1 is 1.13 bits per heavy atom. The van der Waals surface area contributed by atoms with Crippen molar-refractivity contribution < 1.29 is 19.1 Å². The van der Waals surface area contributed by atoms with Crippen molar-refractivity contribution in [3.05, 3.63) is 53.4 Å². The second kappa shape index (κ2) is 8.54. The molecule has 4 rings (SSSR count). The summed E-state index contributed by atoms with van der Waals surface area (Å²) in [7, 11) is 3.19. The molecular formula is C22H21N3O4S. The molecule has 154 valence electrons. The van der Waals surface area contributed by atoms with Gasteiger partial charge < -0.3 is 14.4 Å². The molecule has 2 aromatic carbocycles. The molecule has 0 atom stereocenters. The van der Waals surface area contributed by atoms with Crippen LogP contribution in [0.3, 0.4) is 0 Å². The molecule has 7 nitrogen and oxygen atoms in total. The van der Waals surface area contributed by atoms with E-state index in [2.05, 4.69) is 10.3 Å². The van der Waals surface area contributed by atoms with Crippen LogP contribution in [0, 0.1) is 0 Å². The summed E-state index contributed by atoms with van der Waals surface area (Å²) < 4.78 is 10.7. The summed E-state index contributed by atoms with van der Waals surface area (Å²) in [6, 6.07) is 12.5. The zero-order valence-electron chi connectivity index (χ0n) is 16.7. The number of hydrogen-bond acceptors (Lipinski definition) is 6. The monoisotopic (exact) mass is 423 g/mol. The number of hydrogen-bond donors (Lipinski definition) is 1. The lowest BCUT2D eigenvalue weighted by atomic mass is 10.1. The highest BCUT2D eigenvalue weighted by Crippen LogP contribution is 2.35. The molecule has 3 aromatic rings. The van der Waals surface area contributed by atoms with Crippen LogP contribution in [0.1, 0.15) is 23.2 Å². The number of carbonyl (C=O) groups is 2. The number of amides is 2. The fourth-order valence-corrected chi connectivity index (χ4v) is 4.05. The van der Waals surface area contributed by atoms with Crippen LogP contribution in [0.5, 0.6) is 11.5 Å². The summed E-state index contributed by atoms with van der Waals surface area (Å²) in [5.41, 5.74) is 2.84. The van der Waals surface area contributed by atoms with Gasteiger partial charge in [-0.25, -0.2) is 4.98 Å². The predicted octanol–water partition coefficient (Wildman–Crippen LogP) is 4.21. The van der Waals surface area contributed by atoms with Gasteiger partial charge in [-0.15, -0.1) is 11.3 Å². The Balaban J connectivity index is 1.47. The number of ether oxygens (including phenoxy) is 2. The van der Waals surface area contributed by atoms with E-state index in [4.69, 9.17) is 9.47 Å². The van der Waals surface area contributed by atoms with Crippen molar-refractivity contribution >= 4 is 34.0 Å². The SMILES string of the molecule is COc1ccc(-c2csc(NC(=O)c3ccc(N4CCCC4=O)cc3)n2)c(OC)c1. The molecule has 8 heteroatoms. The van der Waals surface area contributed by atoms with Gasteiger partial charge in [-0.05, 0) is 42.8 Å². The Hall–Kier alpha value is -3.39. The third-order valence-electron chi connectivity index (χ3n) is 4.92. The van der Waals surface area contributed by atoms with Crippen molar-refractivity contribution in [3.63, 3.8) is 0 Å². The Morgan fingerprint density at radius 2 is 1.93 bits per heavy atom. The van der Waals surface area contributed by atoms with Crippen molar-refractivity contribution in [2.45, 2.75) is 12.8 Å². The van der Waals surface area contributed by atoms with E-state index in [1.807, 2.05) is 17.5 Å². The minimum Gasteiger partial charge on any atom is -0.497 e. The van der Waals surface area contributed by atoms with Gasteiger partial charge in [-0.2, -0.15) is 0 Å². The van der Waals surface area contributed by atoms with E-state index < -0.39 is 0 Å². The van der Waals surface area contributed by atoms with Gasteiger partial charge in [0.1, 0.15) is 11.5 Å². The third kappa shape index (κ3) is 3.99. The minimum absolute atomic E-state index is 0.122. The molecule has 0 spiro atoms. The smallest absolute Gasteiger partial charge is 0.257 e. The van der Waals surface area contributed by atoms with Gasteiger partial charge in [0.15, 0.2) is 5.13 Å². The van der Waals surface area contributed by atoms with Crippen LogP contribution >= 0.6 is 11.3 Å². The number of benzene rings is 2. The van der Waals surface area contributed by atoms with Crippen LogP contribution in [-0.4, -0.2) is 37.6 Å². The van der Waals surface area contributed by atoms with Crippen molar-refractivity contribution in [2.24, 2.45) is 0 Å². The molecular weight excluding hydrogens is 402 g/mol. The van der Waals surface area contributed by atoms with Gasteiger partial charge in [0.25, 0.3) is 5.91 Å². The topological polar surface area (TPSA) is 80.8 Å². The second-order valence-corrected chi connectivity index (χ2v) is 7.61. The number of anilines is 2. The Morgan fingerprint density at radius 3 is 2.60 bits per heavy atom. The number of methoxy groups -OCH3 is 2.